The Balaban J connectivity index is 2.10. The Morgan fingerprint density at radius 2 is 2.22 bits per heavy atom. The lowest BCUT2D eigenvalue weighted by Gasteiger charge is -2.08. The highest BCUT2D eigenvalue weighted by Crippen LogP contribution is 2.18. The minimum atomic E-state index is -0.370. The van der Waals surface area contributed by atoms with Gasteiger partial charge < -0.3 is 15.0 Å². The average molecular weight is 270 g/mol. The molecule has 0 bridgehead atoms. The van der Waals surface area contributed by atoms with Crippen LogP contribution in [0.4, 0.5) is 4.39 Å². The summed E-state index contributed by atoms with van der Waals surface area (Å²) in [5.41, 5.74) is 6.15. The second-order valence-corrected chi connectivity index (χ2v) is 4.23. The number of aromatic nitrogens is 2. The van der Waals surface area contributed by atoms with E-state index in [9.17, 15) is 4.39 Å². The summed E-state index contributed by atoms with van der Waals surface area (Å²) in [7, 11) is 1.78. The number of halogens is 2. The van der Waals surface area contributed by atoms with Crippen molar-refractivity contribution < 1.29 is 9.13 Å². The van der Waals surface area contributed by atoms with E-state index in [0.717, 1.165) is 0 Å². The maximum atomic E-state index is 13.2. The Labute approximate surface area is 109 Å². The molecule has 4 nitrogen and oxygen atoms in total. The highest BCUT2D eigenvalue weighted by Gasteiger charge is 2.06. The Bertz CT molecular complexity index is 556. The number of nitrogens with two attached hydrogens (primary N) is 1. The first kappa shape index (κ1) is 12.9. The van der Waals surface area contributed by atoms with Crippen LogP contribution in [-0.4, -0.2) is 9.55 Å². The summed E-state index contributed by atoms with van der Waals surface area (Å²) in [4.78, 5) is 4.08. The second-order valence-electron chi connectivity index (χ2n) is 3.84. The third kappa shape index (κ3) is 2.80. The molecule has 0 saturated carbocycles. The van der Waals surface area contributed by atoms with Crippen LogP contribution in [0.1, 0.15) is 11.4 Å². The highest BCUT2D eigenvalue weighted by atomic mass is 35.5. The molecule has 0 aliphatic carbocycles. The van der Waals surface area contributed by atoms with Gasteiger partial charge in [0.05, 0.1) is 6.20 Å². The topological polar surface area (TPSA) is 53.1 Å². The van der Waals surface area contributed by atoms with Crippen molar-refractivity contribution in [1.29, 1.82) is 0 Å². The SMILES string of the molecule is Cn1c(Cl)cnc1COc1cc(F)cc(CN)c1. The largest absolute Gasteiger partial charge is 0.486 e. The summed E-state index contributed by atoms with van der Waals surface area (Å²) < 4.78 is 20.4. The van der Waals surface area contributed by atoms with Crippen LogP contribution in [0.25, 0.3) is 0 Å². The van der Waals surface area contributed by atoms with E-state index in [4.69, 9.17) is 22.1 Å². The van der Waals surface area contributed by atoms with Crippen molar-refractivity contribution in [3.63, 3.8) is 0 Å². The summed E-state index contributed by atoms with van der Waals surface area (Å²) in [5.74, 6) is 0.721. The Morgan fingerprint density at radius 3 is 2.83 bits per heavy atom. The molecule has 0 aliphatic rings. The second kappa shape index (κ2) is 5.37. The van der Waals surface area contributed by atoms with Crippen LogP contribution in [0.2, 0.25) is 5.15 Å². The van der Waals surface area contributed by atoms with Gasteiger partial charge in [-0.25, -0.2) is 9.37 Å². The summed E-state index contributed by atoms with van der Waals surface area (Å²) in [6.07, 6.45) is 1.54. The molecule has 2 rings (SSSR count). The van der Waals surface area contributed by atoms with E-state index in [-0.39, 0.29) is 19.0 Å². The molecule has 0 spiro atoms. The average Bonchev–Trinajstić information content (AvgIpc) is 2.67. The molecule has 2 aromatic rings. The fraction of sp³-hybridized carbons (Fsp3) is 0.250. The number of ether oxygens (including phenoxy) is 1. The molecule has 0 saturated heterocycles. The van der Waals surface area contributed by atoms with Crippen LogP contribution in [0.3, 0.4) is 0 Å². The van der Waals surface area contributed by atoms with Crippen molar-refractivity contribution in [1.82, 2.24) is 9.55 Å². The van der Waals surface area contributed by atoms with E-state index in [2.05, 4.69) is 4.98 Å². The van der Waals surface area contributed by atoms with Crippen molar-refractivity contribution in [3.05, 3.63) is 46.8 Å². The molecule has 96 valence electrons. The molecule has 0 aliphatic heterocycles. The molecule has 0 fully saturated rings. The number of rotatable bonds is 4. The summed E-state index contributed by atoms with van der Waals surface area (Å²) in [6, 6.07) is 4.39. The molecular weight excluding hydrogens is 257 g/mol. The lowest BCUT2D eigenvalue weighted by atomic mass is 10.2. The normalized spacial score (nSPS) is 10.7. The van der Waals surface area contributed by atoms with Crippen molar-refractivity contribution in [2.24, 2.45) is 12.8 Å². The van der Waals surface area contributed by atoms with Crippen LogP contribution in [0, 0.1) is 5.82 Å². The van der Waals surface area contributed by atoms with Crippen molar-refractivity contribution in [2.45, 2.75) is 13.2 Å². The lowest BCUT2D eigenvalue weighted by molar-refractivity contribution is 0.290. The van der Waals surface area contributed by atoms with Gasteiger partial charge in [0.15, 0.2) is 0 Å². The van der Waals surface area contributed by atoms with Crippen LogP contribution in [0.15, 0.2) is 24.4 Å². The number of hydrogen-bond donors (Lipinski definition) is 1. The van der Waals surface area contributed by atoms with E-state index < -0.39 is 0 Å². The predicted molar refractivity (Wildman–Crippen MR) is 66.8 cm³/mol. The first-order chi connectivity index (χ1) is 8.60. The van der Waals surface area contributed by atoms with Crippen LogP contribution < -0.4 is 10.5 Å². The number of nitrogens with zero attached hydrogens (tertiary/aromatic N) is 2. The van der Waals surface area contributed by atoms with Gasteiger partial charge in [0.1, 0.15) is 29.2 Å². The van der Waals surface area contributed by atoms with Gasteiger partial charge in [-0.1, -0.05) is 11.6 Å². The fourth-order valence-corrected chi connectivity index (χ4v) is 1.67. The zero-order valence-corrected chi connectivity index (χ0v) is 10.6. The van der Waals surface area contributed by atoms with Crippen molar-refractivity contribution >= 4 is 11.6 Å². The molecule has 2 N–H and O–H groups in total. The van der Waals surface area contributed by atoms with Crippen LogP contribution in [-0.2, 0) is 20.2 Å². The number of benzene rings is 1. The molecule has 0 radical (unpaired) electrons. The third-order valence-electron chi connectivity index (χ3n) is 2.56. The quantitative estimate of drug-likeness (QED) is 0.926. The molecule has 0 unspecified atom stereocenters. The van der Waals surface area contributed by atoms with E-state index >= 15 is 0 Å². The zero-order valence-electron chi connectivity index (χ0n) is 9.86. The van der Waals surface area contributed by atoms with Gasteiger partial charge in [0.2, 0.25) is 0 Å². The molecule has 0 amide bonds. The van der Waals surface area contributed by atoms with Gasteiger partial charge in [-0.05, 0) is 17.7 Å². The van der Waals surface area contributed by atoms with E-state index in [1.165, 1.54) is 18.3 Å². The standard InChI is InChI=1S/C12H13ClFN3O/c1-17-11(13)6-16-12(17)7-18-10-3-8(5-15)2-9(14)4-10/h2-4,6H,5,7,15H2,1H3. The predicted octanol–water partition coefficient (Wildman–Crippen LogP) is 2.25. The molecular formula is C12H13ClFN3O. The van der Waals surface area contributed by atoms with Crippen molar-refractivity contribution in [2.75, 3.05) is 0 Å². The molecule has 1 heterocycles. The minimum Gasteiger partial charge on any atom is -0.486 e. The van der Waals surface area contributed by atoms with E-state index in [1.807, 2.05) is 0 Å². The van der Waals surface area contributed by atoms with Crippen LogP contribution in [0.5, 0.6) is 5.75 Å². The minimum absolute atomic E-state index is 0.219. The van der Waals surface area contributed by atoms with E-state index in [1.54, 1.807) is 17.7 Å². The fourth-order valence-electron chi connectivity index (χ4n) is 1.53. The van der Waals surface area contributed by atoms with Crippen LogP contribution >= 0.6 is 11.6 Å². The highest BCUT2D eigenvalue weighted by molar-refractivity contribution is 6.29. The number of hydrogen-bond acceptors (Lipinski definition) is 3. The summed E-state index contributed by atoms with van der Waals surface area (Å²) in [6.45, 7) is 0.485. The monoisotopic (exact) mass is 269 g/mol. The third-order valence-corrected chi connectivity index (χ3v) is 2.91. The zero-order chi connectivity index (χ0) is 13.1. The van der Waals surface area contributed by atoms with Gasteiger partial charge in [0.25, 0.3) is 0 Å². The van der Waals surface area contributed by atoms with Gasteiger partial charge in [-0.15, -0.1) is 0 Å². The van der Waals surface area contributed by atoms with Gasteiger partial charge in [0, 0.05) is 19.7 Å². The smallest absolute Gasteiger partial charge is 0.147 e. The molecule has 1 aromatic carbocycles. The molecule has 1 aromatic heterocycles. The van der Waals surface area contributed by atoms with Gasteiger partial charge in [-0.3, -0.25) is 0 Å². The first-order valence-corrected chi connectivity index (χ1v) is 5.76. The van der Waals surface area contributed by atoms with E-state index in [0.29, 0.717) is 22.3 Å². The lowest BCUT2D eigenvalue weighted by Crippen LogP contribution is -2.04. The van der Waals surface area contributed by atoms with Gasteiger partial charge >= 0.3 is 0 Å². The molecule has 18 heavy (non-hydrogen) atoms. The molecule has 6 heteroatoms. The first-order valence-electron chi connectivity index (χ1n) is 5.38. The van der Waals surface area contributed by atoms with Gasteiger partial charge in [-0.2, -0.15) is 0 Å². The maximum Gasteiger partial charge on any atom is 0.147 e. The Morgan fingerprint density at radius 1 is 1.44 bits per heavy atom. The molecule has 0 atom stereocenters. The number of imidazole rings is 1. The maximum absolute atomic E-state index is 13.2. The summed E-state index contributed by atoms with van der Waals surface area (Å²) >= 11 is 5.85. The Hall–Kier alpha value is -1.59. The summed E-state index contributed by atoms with van der Waals surface area (Å²) in [5, 5.41) is 0.524. The Kier molecular flexibility index (Phi) is 3.84. The van der Waals surface area contributed by atoms with Crippen molar-refractivity contribution in [3.8, 4) is 5.75 Å².